The minimum Gasteiger partial charge on any atom is -0.405 e. The molecular formula is C18H13F3N2O2. The third kappa shape index (κ3) is 3.71. The van der Waals surface area contributed by atoms with E-state index in [4.69, 9.17) is 0 Å². The van der Waals surface area contributed by atoms with Crippen molar-refractivity contribution in [2.45, 2.75) is 6.36 Å². The highest BCUT2D eigenvalue weighted by atomic mass is 19.4. The number of carbonyl (C=O) groups is 1. The number of carbonyl (C=O) groups excluding carboxylic acids is 1. The fourth-order valence-electron chi connectivity index (χ4n) is 2.50. The van der Waals surface area contributed by atoms with Crippen molar-refractivity contribution in [1.82, 2.24) is 9.78 Å². The molecule has 0 unspecified atom stereocenters. The first-order chi connectivity index (χ1) is 11.9. The molecule has 25 heavy (non-hydrogen) atoms. The fraction of sp³-hybridized carbons (Fsp3) is 0.111. The molecule has 0 radical (unpaired) electrons. The summed E-state index contributed by atoms with van der Waals surface area (Å²) in [7, 11) is 1.64. The lowest BCUT2D eigenvalue weighted by molar-refractivity contribution is -0.274. The molecule has 0 amide bonds. The van der Waals surface area contributed by atoms with Gasteiger partial charge in [-0.2, -0.15) is 5.10 Å². The second-order valence-corrected chi connectivity index (χ2v) is 5.32. The number of hydrogen-bond acceptors (Lipinski definition) is 3. The molecule has 128 valence electrons. The zero-order valence-corrected chi connectivity index (χ0v) is 13.1. The smallest absolute Gasteiger partial charge is 0.405 e. The quantitative estimate of drug-likeness (QED) is 0.655. The predicted octanol–water partition coefficient (Wildman–Crippen LogP) is 4.47. The van der Waals surface area contributed by atoms with Crippen LogP contribution in [0.3, 0.4) is 0 Å². The minimum atomic E-state index is -4.77. The van der Waals surface area contributed by atoms with Gasteiger partial charge in [-0.25, -0.2) is 0 Å². The van der Waals surface area contributed by atoms with E-state index in [-0.39, 0.29) is 5.75 Å². The second kappa shape index (κ2) is 6.43. The van der Waals surface area contributed by atoms with E-state index in [0.29, 0.717) is 34.4 Å². The van der Waals surface area contributed by atoms with E-state index in [2.05, 4.69) is 9.84 Å². The summed E-state index contributed by atoms with van der Waals surface area (Å²) in [6, 6.07) is 14.4. The van der Waals surface area contributed by atoms with Crippen LogP contribution in [0.25, 0.3) is 22.4 Å². The van der Waals surface area contributed by atoms with E-state index in [9.17, 15) is 18.0 Å². The van der Waals surface area contributed by atoms with Gasteiger partial charge in [-0.1, -0.05) is 36.4 Å². The molecule has 7 heteroatoms. The van der Waals surface area contributed by atoms with Gasteiger partial charge in [0.15, 0.2) is 6.29 Å². The molecule has 0 fully saturated rings. The number of nitrogens with zero attached hydrogens (tertiary/aromatic N) is 2. The minimum absolute atomic E-state index is 0.276. The highest BCUT2D eigenvalue weighted by Crippen LogP contribution is 2.35. The summed E-state index contributed by atoms with van der Waals surface area (Å²) in [5, 5.41) is 4.24. The Hall–Kier alpha value is -3.09. The Morgan fingerprint density at radius 3 is 2.44 bits per heavy atom. The Morgan fingerprint density at radius 1 is 1.04 bits per heavy atom. The molecular weight excluding hydrogens is 333 g/mol. The number of alkyl halides is 3. The average Bonchev–Trinajstić information content (AvgIpc) is 2.95. The van der Waals surface area contributed by atoms with E-state index in [1.54, 1.807) is 49.5 Å². The largest absolute Gasteiger partial charge is 0.573 e. The Kier molecular flexibility index (Phi) is 4.31. The molecule has 0 atom stereocenters. The van der Waals surface area contributed by atoms with Crippen LogP contribution in [0.5, 0.6) is 5.75 Å². The van der Waals surface area contributed by atoms with Crippen LogP contribution in [0.4, 0.5) is 13.2 Å². The van der Waals surface area contributed by atoms with Gasteiger partial charge in [0.1, 0.15) is 11.4 Å². The van der Waals surface area contributed by atoms with Crippen LogP contribution < -0.4 is 4.74 Å². The number of rotatable bonds is 4. The standard InChI is InChI=1S/C18H13F3N2O2/c1-23-14(11-24)10-16(22-23)13-6-4-5-12(9-13)15-7-2-3-8-17(15)25-18(19,20)21/h2-11H,1H3. The molecule has 0 aliphatic heterocycles. The van der Waals surface area contributed by atoms with Gasteiger partial charge in [-0.15, -0.1) is 13.2 Å². The fourth-order valence-corrected chi connectivity index (χ4v) is 2.50. The number of aryl methyl sites for hydroxylation is 1. The second-order valence-electron chi connectivity index (χ2n) is 5.32. The van der Waals surface area contributed by atoms with Crippen LogP contribution in [0.2, 0.25) is 0 Å². The molecule has 0 aliphatic carbocycles. The van der Waals surface area contributed by atoms with Gasteiger partial charge >= 0.3 is 6.36 Å². The Labute approximate surface area is 141 Å². The number of aromatic nitrogens is 2. The first kappa shape index (κ1) is 16.8. The molecule has 1 aromatic heterocycles. The molecule has 2 aromatic carbocycles. The van der Waals surface area contributed by atoms with E-state index in [1.165, 1.54) is 16.8 Å². The lowest BCUT2D eigenvalue weighted by Gasteiger charge is -2.13. The zero-order chi connectivity index (χ0) is 18.0. The maximum atomic E-state index is 12.6. The summed E-state index contributed by atoms with van der Waals surface area (Å²) in [6.45, 7) is 0. The van der Waals surface area contributed by atoms with Gasteiger partial charge in [0.2, 0.25) is 0 Å². The van der Waals surface area contributed by atoms with Crippen molar-refractivity contribution in [3.05, 3.63) is 60.3 Å². The van der Waals surface area contributed by atoms with Crippen molar-refractivity contribution in [1.29, 1.82) is 0 Å². The van der Waals surface area contributed by atoms with Gasteiger partial charge in [-0.3, -0.25) is 9.48 Å². The molecule has 0 spiro atoms. The molecule has 0 bridgehead atoms. The van der Waals surface area contributed by atoms with Gasteiger partial charge < -0.3 is 4.74 Å². The van der Waals surface area contributed by atoms with Gasteiger partial charge in [-0.05, 0) is 23.8 Å². The summed E-state index contributed by atoms with van der Waals surface area (Å²) < 4.78 is 43.3. The molecule has 0 saturated carbocycles. The van der Waals surface area contributed by atoms with Crippen LogP contribution in [-0.4, -0.2) is 22.4 Å². The Morgan fingerprint density at radius 2 is 1.76 bits per heavy atom. The van der Waals surface area contributed by atoms with Crippen molar-refractivity contribution < 1.29 is 22.7 Å². The van der Waals surface area contributed by atoms with E-state index < -0.39 is 6.36 Å². The monoisotopic (exact) mass is 346 g/mol. The van der Waals surface area contributed by atoms with Gasteiger partial charge in [0.05, 0.1) is 5.69 Å². The van der Waals surface area contributed by atoms with Crippen molar-refractivity contribution in [3.63, 3.8) is 0 Å². The van der Waals surface area contributed by atoms with E-state index in [0.717, 1.165) is 0 Å². The maximum Gasteiger partial charge on any atom is 0.573 e. The lowest BCUT2D eigenvalue weighted by atomic mass is 10.0. The van der Waals surface area contributed by atoms with Crippen molar-refractivity contribution in [2.75, 3.05) is 0 Å². The zero-order valence-electron chi connectivity index (χ0n) is 13.1. The summed E-state index contributed by atoms with van der Waals surface area (Å²) in [4.78, 5) is 11.0. The molecule has 0 aliphatic rings. The van der Waals surface area contributed by atoms with Gasteiger partial charge in [0, 0.05) is 18.2 Å². The molecule has 1 heterocycles. The first-order valence-corrected chi connectivity index (χ1v) is 7.32. The number of para-hydroxylation sites is 1. The third-order valence-corrected chi connectivity index (χ3v) is 3.62. The van der Waals surface area contributed by atoms with Crippen LogP contribution >= 0.6 is 0 Å². The number of halogens is 3. The molecule has 3 aromatic rings. The van der Waals surface area contributed by atoms with E-state index >= 15 is 0 Å². The Balaban J connectivity index is 2.04. The normalized spacial score (nSPS) is 11.4. The molecule has 0 N–H and O–H groups in total. The lowest BCUT2D eigenvalue weighted by Crippen LogP contribution is -2.17. The topological polar surface area (TPSA) is 44.1 Å². The highest BCUT2D eigenvalue weighted by Gasteiger charge is 2.32. The number of benzene rings is 2. The van der Waals surface area contributed by atoms with Crippen LogP contribution in [0.15, 0.2) is 54.6 Å². The number of aldehydes is 1. The summed E-state index contributed by atoms with van der Waals surface area (Å²) in [5.74, 6) is -0.276. The SMILES string of the molecule is Cn1nc(-c2cccc(-c3ccccc3OC(F)(F)F)c2)cc1C=O. The van der Waals surface area contributed by atoms with Crippen LogP contribution in [0.1, 0.15) is 10.5 Å². The summed E-state index contributed by atoms with van der Waals surface area (Å²) in [5.41, 5.74) is 2.51. The van der Waals surface area contributed by atoms with Gasteiger partial charge in [0.25, 0.3) is 0 Å². The van der Waals surface area contributed by atoms with Crippen molar-refractivity contribution in [3.8, 4) is 28.1 Å². The predicted molar refractivity (Wildman–Crippen MR) is 86.2 cm³/mol. The average molecular weight is 346 g/mol. The van der Waals surface area contributed by atoms with E-state index in [1.807, 2.05) is 0 Å². The summed E-state index contributed by atoms with van der Waals surface area (Å²) in [6.07, 6.45) is -4.08. The Bertz CT molecular complexity index is 917. The third-order valence-electron chi connectivity index (χ3n) is 3.62. The first-order valence-electron chi connectivity index (χ1n) is 7.32. The number of hydrogen-bond donors (Lipinski definition) is 0. The van der Waals surface area contributed by atoms with Crippen LogP contribution in [-0.2, 0) is 7.05 Å². The van der Waals surface area contributed by atoms with Crippen LogP contribution in [0, 0.1) is 0 Å². The van der Waals surface area contributed by atoms with Crippen molar-refractivity contribution >= 4 is 6.29 Å². The molecule has 4 nitrogen and oxygen atoms in total. The maximum absolute atomic E-state index is 12.6. The highest BCUT2D eigenvalue weighted by molar-refractivity contribution is 5.78. The van der Waals surface area contributed by atoms with Crippen molar-refractivity contribution in [2.24, 2.45) is 7.05 Å². The number of ether oxygens (including phenoxy) is 1. The molecule has 3 rings (SSSR count). The summed E-state index contributed by atoms with van der Waals surface area (Å²) >= 11 is 0. The molecule has 0 saturated heterocycles.